The second-order valence-corrected chi connectivity index (χ2v) is 6.01. The van der Waals surface area contributed by atoms with Gasteiger partial charge in [-0.2, -0.15) is 5.26 Å². The highest BCUT2D eigenvalue weighted by atomic mass is 35.5. The maximum absolute atomic E-state index is 12.5. The van der Waals surface area contributed by atoms with Crippen LogP contribution in [0.2, 0.25) is 5.02 Å². The van der Waals surface area contributed by atoms with Gasteiger partial charge < -0.3 is 10.2 Å². The molecule has 1 N–H and O–H groups in total. The van der Waals surface area contributed by atoms with E-state index in [-0.39, 0.29) is 18.5 Å². The number of carbonyl (C=O) groups is 2. The zero-order chi connectivity index (χ0) is 17.8. The minimum Gasteiger partial charge on any atom is -0.325 e. The molecule has 1 aliphatic rings. The highest BCUT2D eigenvalue weighted by molar-refractivity contribution is 6.30. The molecule has 0 saturated carbocycles. The van der Waals surface area contributed by atoms with Gasteiger partial charge in [0.2, 0.25) is 5.91 Å². The van der Waals surface area contributed by atoms with E-state index >= 15 is 0 Å². The molecule has 3 amide bonds. The lowest BCUT2D eigenvalue weighted by molar-refractivity contribution is -0.116. The van der Waals surface area contributed by atoms with E-state index in [0.29, 0.717) is 29.4 Å². The lowest BCUT2D eigenvalue weighted by Crippen LogP contribution is -2.37. The predicted octanol–water partition coefficient (Wildman–Crippen LogP) is 3.09. The Morgan fingerprint density at radius 1 is 1.12 bits per heavy atom. The van der Waals surface area contributed by atoms with Gasteiger partial charge in [-0.05, 0) is 48.5 Å². The Hall–Kier alpha value is -3.04. The van der Waals surface area contributed by atoms with Gasteiger partial charge in [0, 0.05) is 29.5 Å². The molecule has 25 heavy (non-hydrogen) atoms. The van der Waals surface area contributed by atoms with Gasteiger partial charge in [-0.3, -0.25) is 9.69 Å². The number of nitriles is 1. The van der Waals surface area contributed by atoms with Crippen molar-refractivity contribution in [2.75, 3.05) is 29.9 Å². The first-order chi connectivity index (χ1) is 12.1. The molecule has 2 aromatic carbocycles. The average Bonchev–Trinajstić information content (AvgIpc) is 2.97. The van der Waals surface area contributed by atoms with Crippen LogP contribution < -0.4 is 10.2 Å². The van der Waals surface area contributed by atoms with Crippen molar-refractivity contribution in [3.05, 3.63) is 59.1 Å². The molecular formula is C18H15ClN4O2. The molecule has 0 atom stereocenters. The molecule has 1 heterocycles. The van der Waals surface area contributed by atoms with Gasteiger partial charge in [0.25, 0.3) is 0 Å². The molecule has 0 spiro atoms. The summed E-state index contributed by atoms with van der Waals surface area (Å²) in [4.78, 5) is 27.7. The Bertz CT molecular complexity index is 828. The van der Waals surface area contributed by atoms with Crippen LogP contribution in [-0.2, 0) is 4.79 Å². The van der Waals surface area contributed by atoms with E-state index in [9.17, 15) is 9.59 Å². The fourth-order valence-electron chi connectivity index (χ4n) is 2.59. The molecule has 2 aromatic rings. The van der Waals surface area contributed by atoms with Crippen molar-refractivity contribution in [2.24, 2.45) is 0 Å². The summed E-state index contributed by atoms with van der Waals surface area (Å²) < 4.78 is 0. The van der Waals surface area contributed by atoms with E-state index in [2.05, 4.69) is 5.32 Å². The first kappa shape index (κ1) is 16.8. The summed E-state index contributed by atoms with van der Waals surface area (Å²) >= 11 is 5.86. The monoisotopic (exact) mass is 354 g/mol. The van der Waals surface area contributed by atoms with E-state index in [1.165, 1.54) is 4.90 Å². The van der Waals surface area contributed by atoms with Gasteiger partial charge in [0.1, 0.15) is 6.54 Å². The third kappa shape index (κ3) is 3.90. The molecule has 0 aromatic heterocycles. The number of carbonyl (C=O) groups excluding carboxylic acids is 2. The number of urea groups is 1. The zero-order valence-corrected chi connectivity index (χ0v) is 14.0. The molecular weight excluding hydrogens is 340 g/mol. The lowest BCUT2D eigenvalue weighted by Gasteiger charge is -2.18. The maximum Gasteiger partial charge on any atom is 0.325 e. The van der Waals surface area contributed by atoms with E-state index in [4.69, 9.17) is 16.9 Å². The summed E-state index contributed by atoms with van der Waals surface area (Å²) in [5.74, 6) is -0.281. The van der Waals surface area contributed by atoms with Crippen LogP contribution in [0.4, 0.5) is 16.2 Å². The molecule has 0 aliphatic carbocycles. The molecule has 0 radical (unpaired) electrons. The van der Waals surface area contributed by atoms with Crippen molar-refractivity contribution in [1.82, 2.24) is 4.90 Å². The fraction of sp³-hybridized carbons (Fsp3) is 0.167. The largest absolute Gasteiger partial charge is 0.325 e. The topological polar surface area (TPSA) is 76.4 Å². The SMILES string of the molecule is N#Cc1ccc(NC(=O)CN2CCN(c3ccc(Cl)cc3)C2=O)cc1. The Kier molecular flexibility index (Phi) is 4.87. The highest BCUT2D eigenvalue weighted by Gasteiger charge is 2.30. The smallest absolute Gasteiger partial charge is 0.325 e. The van der Waals surface area contributed by atoms with E-state index in [1.54, 1.807) is 53.4 Å². The number of hydrogen-bond acceptors (Lipinski definition) is 3. The van der Waals surface area contributed by atoms with Crippen LogP contribution in [0.25, 0.3) is 0 Å². The Morgan fingerprint density at radius 3 is 2.44 bits per heavy atom. The summed E-state index contributed by atoms with van der Waals surface area (Å²) in [6, 6.07) is 15.4. The first-order valence-corrected chi connectivity index (χ1v) is 8.06. The van der Waals surface area contributed by atoms with E-state index < -0.39 is 0 Å². The van der Waals surface area contributed by atoms with Gasteiger partial charge in [0.05, 0.1) is 11.6 Å². The third-order valence-corrected chi connectivity index (χ3v) is 4.12. The van der Waals surface area contributed by atoms with Crippen LogP contribution in [0.15, 0.2) is 48.5 Å². The van der Waals surface area contributed by atoms with Gasteiger partial charge in [-0.25, -0.2) is 4.79 Å². The lowest BCUT2D eigenvalue weighted by atomic mass is 10.2. The summed E-state index contributed by atoms with van der Waals surface area (Å²) in [5, 5.41) is 12.1. The number of rotatable bonds is 4. The Balaban J connectivity index is 1.59. The van der Waals surface area contributed by atoms with Crippen LogP contribution in [0, 0.1) is 11.3 Å². The third-order valence-electron chi connectivity index (χ3n) is 3.87. The van der Waals surface area contributed by atoms with Crippen molar-refractivity contribution < 1.29 is 9.59 Å². The molecule has 0 bridgehead atoms. The van der Waals surface area contributed by atoms with E-state index in [0.717, 1.165) is 5.69 Å². The van der Waals surface area contributed by atoms with Crippen molar-refractivity contribution >= 4 is 34.9 Å². The van der Waals surface area contributed by atoms with Crippen molar-refractivity contribution in [3.63, 3.8) is 0 Å². The molecule has 6 nitrogen and oxygen atoms in total. The molecule has 126 valence electrons. The molecule has 1 aliphatic heterocycles. The maximum atomic E-state index is 12.5. The average molecular weight is 355 g/mol. The molecule has 3 rings (SSSR count). The predicted molar refractivity (Wildman–Crippen MR) is 95.6 cm³/mol. The van der Waals surface area contributed by atoms with Crippen LogP contribution in [0.1, 0.15) is 5.56 Å². The Labute approximate surface area is 150 Å². The van der Waals surface area contributed by atoms with Crippen LogP contribution >= 0.6 is 11.6 Å². The van der Waals surface area contributed by atoms with Crippen LogP contribution in [0.5, 0.6) is 0 Å². The second kappa shape index (κ2) is 7.24. The quantitative estimate of drug-likeness (QED) is 0.916. The molecule has 1 saturated heterocycles. The van der Waals surface area contributed by atoms with E-state index in [1.807, 2.05) is 6.07 Å². The van der Waals surface area contributed by atoms with Gasteiger partial charge >= 0.3 is 6.03 Å². The Morgan fingerprint density at radius 2 is 1.80 bits per heavy atom. The van der Waals surface area contributed by atoms with Crippen molar-refractivity contribution in [3.8, 4) is 6.07 Å². The highest BCUT2D eigenvalue weighted by Crippen LogP contribution is 2.22. The number of anilines is 2. The van der Waals surface area contributed by atoms with Gasteiger partial charge in [-0.15, -0.1) is 0 Å². The minimum absolute atomic E-state index is 0.0249. The normalized spacial score (nSPS) is 13.7. The number of nitrogens with one attached hydrogen (secondary N) is 1. The number of nitrogens with zero attached hydrogens (tertiary/aromatic N) is 3. The number of amides is 3. The van der Waals surface area contributed by atoms with Crippen molar-refractivity contribution in [2.45, 2.75) is 0 Å². The molecule has 0 unspecified atom stereocenters. The number of benzene rings is 2. The van der Waals surface area contributed by atoms with Gasteiger partial charge in [0.15, 0.2) is 0 Å². The van der Waals surface area contributed by atoms with Crippen LogP contribution in [0.3, 0.4) is 0 Å². The summed E-state index contributed by atoms with van der Waals surface area (Å²) in [6.45, 7) is 0.968. The number of hydrogen-bond donors (Lipinski definition) is 1. The fourth-order valence-corrected chi connectivity index (χ4v) is 2.72. The van der Waals surface area contributed by atoms with Crippen molar-refractivity contribution in [1.29, 1.82) is 5.26 Å². The standard InChI is InChI=1S/C18H15ClN4O2/c19-14-3-7-16(8-4-14)23-10-9-22(18(23)25)12-17(24)21-15-5-1-13(11-20)2-6-15/h1-8H,9-10,12H2,(H,21,24). The number of halogens is 1. The summed E-state index contributed by atoms with van der Waals surface area (Å²) in [5.41, 5.74) is 1.86. The molecule has 7 heteroatoms. The summed E-state index contributed by atoms with van der Waals surface area (Å²) in [7, 11) is 0. The second-order valence-electron chi connectivity index (χ2n) is 5.57. The van der Waals surface area contributed by atoms with Crippen LogP contribution in [-0.4, -0.2) is 36.5 Å². The molecule has 1 fully saturated rings. The minimum atomic E-state index is -0.281. The van der Waals surface area contributed by atoms with Gasteiger partial charge in [-0.1, -0.05) is 11.6 Å². The zero-order valence-electron chi connectivity index (χ0n) is 13.3. The summed E-state index contributed by atoms with van der Waals surface area (Å²) in [6.07, 6.45) is 0. The first-order valence-electron chi connectivity index (χ1n) is 7.69.